The van der Waals surface area contributed by atoms with E-state index in [1.165, 1.54) is 11.6 Å². The summed E-state index contributed by atoms with van der Waals surface area (Å²) in [5.74, 6) is 0. The Kier molecular flexibility index (Phi) is 4.25. The average Bonchev–Trinajstić information content (AvgIpc) is 2.38. The Hall–Kier alpha value is -2.07. The Morgan fingerprint density at radius 2 is 2.00 bits per heavy atom. The van der Waals surface area contributed by atoms with E-state index >= 15 is 0 Å². The summed E-state index contributed by atoms with van der Waals surface area (Å²) < 4.78 is 0. The highest BCUT2D eigenvalue weighted by atomic mass is 35.5. The van der Waals surface area contributed by atoms with Gasteiger partial charge in [0.05, 0.1) is 4.92 Å². The second kappa shape index (κ2) is 5.92. The second-order valence-corrected chi connectivity index (χ2v) is 5.11. The normalized spacial score (nSPS) is 11.9. The van der Waals surface area contributed by atoms with Crippen LogP contribution in [0.5, 0.6) is 0 Å². The number of benzene rings is 2. The van der Waals surface area contributed by atoms with Crippen LogP contribution in [0.1, 0.15) is 24.1 Å². The van der Waals surface area contributed by atoms with Crippen molar-refractivity contribution in [2.24, 2.45) is 0 Å². The molecule has 1 N–H and O–H groups in total. The van der Waals surface area contributed by atoms with Crippen LogP contribution in [-0.4, -0.2) is 4.92 Å². The molecule has 2 aromatic rings. The highest BCUT2D eigenvalue weighted by molar-refractivity contribution is 6.32. The summed E-state index contributed by atoms with van der Waals surface area (Å²) >= 11 is 5.90. The molecule has 0 radical (unpaired) electrons. The van der Waals surface area contributed by atoms with E-state index in [1.807, 2.05) is 32.0 Å². The molecule has 20 heavy (non-hydrogen) atoms. The van der Waals surface area contributed by atoms with E-state index in [0.29, 0.717) is 0 Å². The predicted octanol–water partition coefficient (Wildman–Crippen LogP) is 4.73. The number of nitro groups is 1. The van der Waals surface area contributed by atoms with Gasteiger partial charge in [-0.05, 0) is 31.5 Å². The first-order valence-electron chi connectivity index (χ1n) is 6.24. The van der Waals surface area contributed by atoms with Crippen LogP contribution in [0, 0.1) is 17.0 Å². The lowest BCUT2D eigenvalue weighted by atomic mass is 10.1. The average molecular weight is 291 g/mol. The van der Waals surface area contributed by atoms with Crippen LogP contribution >= 0.6 is 11.6 Å². The van der Waals surface area contributed by atoms with Crippen LogP contribution < -0.4 is 5.32 Å². The van der Waals surface area contributed by atoms with E-state index in [2.05, 4.69) is 11.4 Å². The monoisotopic (exact) mass is 290 g/mol. The summed E-state index contributed by atoms with van der Waals surface area (Å²) in [6.07, 6.45) is 0. The zero-order valence-corrected chi connectivity index (χ0v) is 12.0. The van der Waals surface area contributed by atoms with Gasteiger partial charge in [-0.15, -0.1) is 0 Å². The maximum absolute atomic E-state index is 10.7. The molecule has 1 unspecified atom stereocenters. The molecule has 0 heterocycles. The molecule has 5 heteroatoms. The highest BCUT2D eigenvalue weighted by Crippen LogP contribution is 2.29. The number of hydrogen-bond donors (Lipinski definition) is 1. The minimum absolute atomic E-state index is 0.0829. The Balaban J connectivity index is 2.18. The van der Waals surface area contributed by atoms with Gasteiger partial charge in [0.2, 0.25) is 0 Å². The first kappa shape index (κ1) is 14.3. The van der Waals surface area contributed by atoms with Gasteiger partial charge < -0.3 is 5.32 Å². The quantitative estimate of drug-likeness (QED) is 0.654. The molecule has 0 aliphatic carbocycles. The van der Waals surface area contributed by atoms with Gasteiger partial charge in [-0.2, -0.15) is 0 Å². The van der Waals surface area contributed by atoms with E-state index in [0.717, 1.165) is 11.3 Å². The molecule has 104 valence electrons. The number of halogens is 1. The lowest BCUT2D eigenvalue weighted by Crippen LogP contribution is -2.06. The molecule has 4 nitrogen and oxygen atoms in total. The zero-order valence-electron chi connectivity index (χ0n) is 11.3. The van der Waals surface area contributed by atoms with Gasteiger partial charge in [0.25, 0.3) is 5.69 Å². The molecule has 0 bridgehead atoms. The standard InChI is InChI=1S/C15H15ClN2O2/c1-10-4-3-5-12(8-10)11(2)17-13-6-7-15(18(19)20)14(16)9-13/h3-9,11,17H,1-2H3. The minimum atomic E-state index is -0.490. The van der Waals surface area contributed by atoms with Gasteiger partial charge in [0, 0.05) is 17.8 Å². The largest absolute Gasteiger partial charge is 0.378 e. The molecule has 0 aromatic heterocycles. The minimum Gasteiger partial charge on any atom is -0.378 e. The highest BCUT2D eigenvalue weighted by Gasteiger charge is 2.13. The van der Waals surface area contributed by atoms with Crippen molar-refractivity contribution in [1.82, 2.24) is 0 Å². The number of anilines is 1. The lowest BCUT2D eigenvalue weighted by Gasteiger charge is -2.16. The van der Waals surface area contributed by atoms with Gasteiger partial charge in [0.1, 0.15) is 5.02 Å². The summed E-state index contributed by atoms with van der Waals surface area (Å²) in [5, 5.41) is 14.1. The maximum atomic E-state index is 10.7. The Labute approximate surface area is 122 Å². The van der Waals surface area contributed by atoms with Crippen LogP contribution in [0.25, 0.3) is 0 Å². The molecule has 1 atom stereocenters. The Morgan fingerprint density at radius 3 is 2.60 bits per heavy atom. The van der Waals surface area contributed by atoms with Crippen molar-refractivity contribution in [3.63, 3.8) is 0 Å². The van der Waals surface area contributed by atoms with Gasteiger partial charge >= 0.3 is 0 Å². The maximum Gasteiger partial charge on any atom is 0.288 e. The lowest BCUT2D eigenvalue weighted by molar-refractivity contribution is -0.384. The number of nitrogens with one attached hydrogen (secondary N) is 1. The molecule has 0 aliphatic rings. The van der Waals surface area contributed by atoms with Crippen LogP contribution in [0.15, 0.2) is 42.5 Å². The molecule has 0 amide bonds. The number of nitro benzene ring substituents is 1. The predicted molar refractivity (Wildman–Crippen MR) is 81.3 cm³/mol. The summed E-state index contributed by atoms with van der Waals surface area (Å²) in [5.41, 5.74) is 3.02. The molecule has 0 saturated heterocycles. The van der Waals surface area contributed by atoms with Gasteiger partial charge in [-0.3, -0.25) is 10.1 Å². The first-order valence-corrected chi connectivity index (χ1v) is 6.62. The molecule has 0 fully saturated rings. The van der Waals surface area contributed by atoms with Crippen LogP contribution in [-0.2, 0) is 0 Å². The molecular formula is C15H15ClN2O2. The van der Waals surface area contributed by atoms with Gasteiger partial charge in [0.15, 0.2) is 0 Å². The summed E-state index contributed by atoms with van der Waals surface area (Å²) in [6, 6.07) is 12.9. The van der Waals surface area contributed by atoms with Crippen LogP contribution in [0.2, 0.25) is 5.02 Å². The van der Waals surface area contributed by atoms with E-state index in [9.17, 15) is 10.1 Å². The number of hydrogen-bond acceptors (Lipinski definition) is 3. The van der Waals surface area contributed by atoms with Gasteiger partial charge in [-0.25, -0.2) is 0 Å². The van der Waals surface area contributed by atoms with Crippen molar-refractivity contribution < 1.29 is 4.92 Å². The van der Waals surface area contributed by atoms with Crippen molar-refractivity contribution in [2.75, 3.05) is 5.32 Å². The molecule has 0 saturated carbocycles. The summed E-state index contributed by atoms with van der Waals surface area (Å²) in [7, 11) is 0. The number of rotatable bonds is 4. The van der Waals surface area contributed by atoms with E-state index in [1.54, 1.807) is 12.1 Å². The third kappa shape index (κ3) is 3.27. The van der Waals surface area contributed by atoms with Crippen molar-refractivity contribution >= 4 is 23.0 Å². The molecular weight excluding hydrogens is 276 g/mol. The fraction of sp³-hybridized carbons (Fsp3) is 0.200. The first-order chi connectivity index (χ1) is 9.47. The fourth-order valence-corrected chi connectivity index (χ4v) is 2.27. The van der Waals surface area contributed by atoms with Gasteiger partial charge in [-0.1, -0.05) is 41.4 Å². The van der Waals surface area contributed by atoms with E-state index < -0.39 is 4.92 Å². The molecule has 2 aromatic carbocycles. The van der Waals surface area contributed by atoms with Crippen LogP contribution in [0.4, 0.5) is 11.4 Å². The Morgan fingerprint density at radius 1 is 1.25 bits per heavy atom. The molecule has 0 spiro atoms. The smallest absolute Gasteiger partial charge is 0.288 e. The van der Waals surface area contributed by atoms with Crippen molar-refractivity contribution in [1.29, 1.82) is 0 Å². The summed E-state index contributed by atoms with van der Waals surface area (Å²) in [4.78, 5) is 10.2. The molecule has 0 aliphatic heterocycles. The SMILES string of the molecule is Cc1cccc(C(C)Nc2ccc([N+](=O)[O-])c(Cl)c2)c1. The zero-order chi connectivity index (χ0) is 14.7. The van der Waals surface area contributed by atoms with E-state index in [4.69, 9.17) is 11.6 Å². The summed E-state index contributed by atoms with van der Waals surface area (Å²) in [6.45, 7) is 4.07. The Bertz CT molecular complexity index is 644. The number of aryl methyl sites for hydroxylation is 1. The van der Waals surface area contributed by atoms with Crippen molar-refractivity contribution in [2.45, 2.75) is 19.9 Å². The second-order valence-electron chi connectivity index (χ2n) is 4.70. The fourth-order valence-electron chi connectivity index (χ4n) is 2.02. The van der Waals surface area contributed by atoms with Crippen molar-refractivity contribution in [3.05, 3.63) is 68.7 Å². The number of nitrogens with zero attached hydrogens (tertiary/aromatic N) is 1. The topological polar surface area (TPSA) is 55.2 Å². The van der Waals surface area contributed by atoms with Crippen LogP contribution in [0.3, 0.4) is 0 Å². The van der Waals surface area contributed by atoms with E-state index in [-0.39, 0.29) is 16.8 Å². The third-order valence-electron chi connectivity index (χ3n) is 3.07. The third-order valence-corrected chi connectivity index (χ3v) is 3.37. The van der Waals surface area contributed by atoms with Crippen molar-refractivity contribution in [3.8, 4) is 0 Å². The molecule has 2 rings (SSSR count).